The predicted octanol–water partition coefficient (Wildman–Crippen LogP) is 2.17. The number of carbonyl (C=O) groups is 1. The lowest BCUT2D eigenvalue weighted by Gasteiger charge is -2.28. The SMILES string of the molecule is Cc1cccc(NC(=O)CN2CCCC(C#N)C2)c1. The summed E-state index contributed by atoms with van der Waals surface area (Å²) < 4.78 is 0. The van der Waals surface area contributed by atoms with Gasteiger partial charge in [-0.3, -0.25) is 9.69 Å². The van der Waals surface area contributed by atoms with Gasteiger partial charge in [-0.1, -0.05) is 12.1 Å². The van der Waals surface area contributed by atoms with Crippen LogP contribution in [0.5, 0.6) is 0 Å². The molecule has 0 spiro atoms. The molecular weight excluding hydrogens is 238 g/mol. The summed E-state index contributed by atoms with van der Waals surface area (Å²) in [5.41, 5.74) is 1.96. The standard InChI is InChI=1S/C15H19N3O/c1-12-4-2-6-14(8-12)17-15(19)11-18-7-3-5-13(9-16)10-18/h2,4,6,8,13H,3,5,7,10-11H2,1H3,(H,17,19). The van der Waals surface area contributed by atoms with E-state index >= 15 is 0 Å². The van der Waals surface area contributed by atoms with Crippen LogP contribution in [-0.4, -0.2) is 30.4 Å². The first kappa shape index (κ1) is 13.6. The van der Waals surface area contributed by atoms with Gasteiger partial charge < -0.3 is 5.32 Å². The number of nitriles is 1. The van der Waals surface area contributed by atoms with Crippen molar-refractivity contribution < 1.29 is 4.79 Å². The third kappa shape index (κ3) is 4.08. The number of benzene rings is 1. The molecule has 0 radical (unpaired) electrons. The molecule has 1 N–H and O–H groups in total. The van der Waals surface area contributed by atoms with Gasteiger partial charge in [0.05, 0.1) is 18.5 Å². The molecule has 1 saturated heterocycles. The number of nitrogens with zero attached hydrogens (tertiary/aromatic N) is 2. The van der Waals surface area contributed by atoms with Gasteiger partial charge in [-0.25, -0.2) is 0 Å². The van der Waals surface area contributed by atoms with E-state index in [-0.39, 0.29) is 11.8 Å². The van der Waals surface area contributed by atoms with E-state index in [1.165, 1.54) is 0 Å². The maximum absolute atomic E-state index is 12.0. The zero-order chi connectivity index (χ0) is 13.7. The van der Waals surface area contributed by atoms with Crippen molar-refractivity contribution in [2.75, 3.05) is 25.0 Å². The highest BCUT2D eigenvalue weighted by atomic mass is 16.2. The zero-order valence-corrected chi connectivity index (χ0v) is 11.2. The van der Waals surface area contributed by atoms with Crippen LogP contribution in [0.15, 0.2) is 24.3 Å². The van der Waals surface area contributed by atoms with E-state index in [4.69, 9.17) is 5.26 Å². The maximum Gasteiger partial charge on any atom is 0.238 e. The maximum atomic E-state index is 12.0. The Morgan fingerprint density at radius 3 is 3.16 bits per heavy atom. The molecule has 1 aromatic carbocycles. The number of piperidine rings is 1. The molecule has 1 aromatic rings. The van der Waals surface area contributed by atoms with Crippen LogP contribution in [0.2, 0.25) is 0 Å². The van der Waals surface area contributed by atoms with E-state index in [9.17, 15) is 4.79 Å². The summed E-state index contributed by atoms with van der Waals surface area (Å²) in [6, 6.07) is 10.1. The number of aryl methyl sites for hydroxylation is 1. The van der Waals surface area contributed by atoms with Crippen LogP contribution in [-0.2, 0) is 4.79 Å². The van der Waals surface area contributed by atoms with Crippen molar-refractivity contribution in [1.29, 1.82) is 5.26 Å². The molecule has 1 unspecified atom stereocenters. The molecule has 0 saturated carbocycles. The Hall–Kier alpha value is -1.86. The molecule has 0 aromatic heterocycles. The summed E-state index contributed by atoms with van der Waals surface area (Å²) in [5.74, 6) is 0.0599. The van der Waals surface area contributed by atoms with Crippen molar-refractivity contribution in [3.63, 3.8) is 0 Å². The van der Waals surface area contributed by atoms with Gasteiger partial charge in [-0.05, 0) is 44.0 Å². The molecular formula is C15H19N3O. The second kappa shape index (κ2) is 6.35. The van der Waals surface area contributed by atoms with Crippen LogP contribution in [0.25, 0.3) is 0 Å². The molecule has 1 atom stereocenters. The number of anilines is 1. The van der Waals surface area contributed by atoms with Gasteiger partial charge in [-0.2, -0.15) is 5.26 Å². The fourth-order valence-corrected chi connectivity index (χ4v) is 2.43. The monoisotopic (exact) mass is 257 g/mol. The predicted molar refractivity (Wildman–Crippen MR) is 74.6 cm³/mol. The summed E-state index contributed by atoms with van der Waals surface area (Å²) in [4.78, 5) is 14.0. The molecule has 1 heterocycles. The largest absolute Gasteiger partial charge is 0.325 e. The Balaban J connectivity index is 1.86. The first-order chi connectivity index (χ1) is 9.17. The topological polar surface area (TPSA) is 56.1 Å². The smallest absolute Gasteiger partial charge is 0.238 e. The number of nitrogens with one attached hydrogen (secondary N) is 1. The van der Waals surface area contributed by atoms with Crippen molar-refractivity contribution in [2.45, 2.75) is 19.8 Å². The second-order valence-electron chi connectivity index (χ2n) is 5.12. The number of amides is 1. The van der Waals surface area contributed by atoms with E-state index < -0.39 is 0 Å². The van der Waals surface area contributed by atoms with Crippen LogP contribution in [0.1, 0.15) is 18.4 Å². The molecule has 0 aliphatic carbocycles. The molecule has 2 rings (SSSR count). The number of carbonyl (C=O) groups excluding carboxylic acids is 1. The molecule has 1 fully saturated rings. The van der Waals surface area contributed by atoms with Gasteiger partial charge in [0.1, 0.15) is 0 Å². The fraction of sp³-hybridized carbons (Fsp3) is 0.467. The van der Waals surface area contributed by atoms with E-state index in [2.05, 4.69) is 16.3 Å². The lowest BCUT2D eigenvalue weighted by molar-refractivity contribution is -0.117. The van der Waals surface area contributed by atoms with E-state index in [0.29, 0.717) is 13.1 Å². The first-order valence-electron chi connectivity index (χ1n) is 6.66. The quantitative estimate of drug-likeness (QED) is 0.902. The van der Waals surface area contributed by atoms with Crippen LogP contribution in [0, 0.1) is 24.2 Å². The molecule has 1 aliphatic heterocycles. The van der Waals surface area contributed by atoms with Gasteiger partial charge in [0, 0.05) is 12.2 Å². The minimum atomic E-state index is -0.0100. The van der Waals surface area contributed by atoms with E-state index in [0.717, 1.165) is 30.6 Å². The molecule has 4 nitrogen and oxygen atoms in total. The average molecular weight is 257 g/mol. The summed E-state index contributed by atoms with van der Waals surface area (Å²) >= 11 is 0. The summed E-state index contributed by atoms with van der Waals surface area (Å²) in [5, 5.41) is 11.8. The third-order valence-corrected chi connectivity index (χ3v) is 3.36. The van der Waals surface area contributed by atoms with Crippen LogP contribution in [0.4, 0.5) is 5.69 Å². The van der Waals surface area contributed by atoms with Gasteiger partial charge in [0.2, 0.25) is 5.91 Å². The molecule has 1 amide bonds. The number of likely N-dealkylation sites (tertiary alicyclic amines) is 1. The third-order valence-electron chi connectivity index (χ3n) is 3.36. The highest BCUT2D eigenvalue weighted by molar-refractivity contribution is 5.92. The normalized spacial score (nSPS) is 19.7. The first-order valence-corrected chi connectivity index (χ1v) is 6.66. The highest BCUT2D eigenvalue weighted by Crippen LogP contribution is 2.15. The Kier molecular flexibility index (Phi) is 4.53. The van der Waals surface area contributed by atoms with Crippen LogP contribution in [0.3, 0.4) is 0 Å². The summed E-state index contributed by atoms with van der Waals surface area (Å²) in [6.07, 6.45) is 1.95. The van der Waals surface area contributed by atoms with Gasteiger partial charge >= 0.3 is 0 Å². The van der Waals surface area contributed by atoms with Crippen molar-refractivity contribution in [3.8, 4) is 6.07 Å². The molecule has 4 heteroatoms. The molecule has 100 valence electrons. The average Bonchev–Trinajstić information content (AvgIpc) is 2.38. The molecule has 1 aliphatic rings. The number of rotatable bonds is 3. The van der Waals surface area contributed by atoms with Gasteiger partial charge in [0.15, 0.2) is 0 Å². The summed E-state index contributed by atoms with van der Waals surface area (Å²) in [6.45, 7) is 3.97. The Morgan fingerprint density at radius 2 is 2.42 bits per heavy atom. The van der Waals surface area contributed by atoms with Gasteiger partial charge in [-0.15, -0.1) is 0 Å². The van der Waals surface area contributed by atoms with Crippen LogP contribution >= 0.6 is 0 Å². The minimum absolute atomic E-state index is 0.0100. The number of hydrogen-bond donors (Lipinski definition) is 1. The lowest BCUT2D eigenvalue weighted by Crippen LogP contribution is -2.40. The Labute approximate surface area is 114 Å². The Morgan fingerprint density at radius 1 is 1.58 bits per heavy atom. The number of hydrogen-bond acceptors (Lipinski definition) is 3. The van der Waals surface area contributed by atoms with Crippen molar-refractivity contribution >= 4 is 11.6 Å². The van der Waals surface area contributed by atoms with Crippen molar-refractivity contribution in [2.24, 2.45) is 5.92 Å². The molecule has 19 heavy (non-hydrogen) atoms. The highest BCUT2D eigenvalue weighted by Gasteiger charge is 2.21. The lowest BCUT2D eigenvalue weighted by atomic mass is 10.00. The second-order valence-corrected chi connectivity index (χ2v) is 5.12. The Bertz CT molecular complexity index is 492. The van der Waals surface area contributed by atoms with Crippen molar-refractivity contribution in [1.82, 2.24) is 4.90 Å². The fourth-order valence-electron chi connectivity index (χ4n) is 2.43. The van der Waals surface area contributed by atoms with Crippen LogP contribution < -0.4 is 5.32 Å². The van der Waals surface area contributed by atoms with Gasteiger partial charge in [0.25, 0.3) is 0 Å². The zero-order valence-electron chi connectivity index (χ0n) is 11.2. The molecule has 0 bridgehead atoms. The van der Waals surface area contributed by atoms with E-state index in [1.54, 1.807) is 0 Å². The summed E-state index contributed by atoms with van der Waals surface area (Å²) in [7, 11) is 0. The van der Waals surface area contributed by atoms with E-state index in [1.807, 2.05) is 31.2 Å². The minimum Gasteiger partial charge on any atom is -0.325 e. The van der Waals surface area contributed by atoms with Crippen molar-refractivity contribution in [3.05, 3.63) is 29.8 Å².